The van der Waals surface area contributed by atoms with E-state index in [1.54, 1.807) is 27.7 Å². The maximum Gasteiger partial charge on any atom is 0.322 e. The summed E-state index contributed by atoms with van der Waals surface area (Å²) < 4.78 is 3.80. The summed E-state index contributed by atoms with van der Waals surface area (Å²) in [7, 11) is 0. The van der Waals surface area contributed by atoms with Crippen LogP contribution >= 0.6 is 31.9 Å². The first-order chi connectivity index (χ1) is 7.55. The highest BCUT2D eigenvalue weighted by Crippen LogP contribution is 2.17. The van der Waals surface area contributed by atoms with E-state index < -0.39 is 8.65 Å². The van der Waals surface area contributed by atoms with Gasteiger partial charge in [0, 0.05) is 6.54 Å². The Balaban J connectivity index is 3.68. The molecule has 17 heavy (non-hydrogen) atoms. The van der Waals surface area contributed by atoms with Crippen molar-refractivity contribution >= 4 is 43.7 Å². The summed E-state index contributed by atoms with van der Waals surface area (Å²) in [6.07, 6.45) is 0.601. The third kappa shape index (κ3) is 7.76. The maximum atomic E-state index is 11.4. The van der Waals surface area contributed by atoms with Crippen LogP contribution in [0.15, 0.2) is 0 Å². The van der Waals surface area contributed by atoms with Gasteiger partial charge < -0.3 is 10.1 Å². The molecule has 0 aliphatic rings. The first kappa shape index (κ1) is 16.9. The quantitative estimate of drug-likeness (QED) is 0.442. The van der Waals surface area contributed by atoms with Crippen molar-refractivity contribution in [3.63, 3.8) is 0 Å². The van der Waals surface area contributed by atoms with E-state index in [0.717, 1.165) is 0 Å². The third-order valence-corrected chi connectivity index (χ3v) is 2.55. The molecule has 0 aromatic carbocycles. The summed E-state index contributed by atoms with van der Waals surface area (Å²) in [4.78, 5) is 22.8. The van der Waals surface area contributed by atoms with Crippen molar-refractivity contribution < 1.29 is 14.3 Å². The average molecular weight is 373 g/mol. The van der Waals surface area contributed by atoms with Crippen molar-refractivity contribution in [3.8, 4) is 0 Å². The molecule has 0 aliphatic carbocycles. The first-order valence-corrected chi connectivity index (χ1v) is 6.97. The van der Waals surface area contributed by atoms with Crippen molar-refractivity contribution in [3.05, 3.63) is 0 Å². The normalized spacial score (nSPS) is 12.1. The average Bonchev–Trinajstić information content (AvgIpc) is 2.13. The number of halogens is 2. The van der Waals surface area contributed by atoms with Gasteiger partial charge in [-0.05, 0) is 34.1 Å². The smallest absolute Gasteiger partial charge is 0.322 e. The number of nitrogens with one attached hydrogen (secondary N) is 1. The van der Waals surface area contributed by atoms with E-state index >= 15 is 0 Å². The number of hydrogen-bond acceptors (Lipinski definition) is 3. The van der Waals surface area contributed by atoms with Crippen LogP contribution in [0.2, 0.25) is 0 Å². The molecule has 1 N–H and O–H groups in total. The van der Waals surface area contributed by atoms with E-state index in [1.165, 1.54) is 0 Å². The molecule has 100 valence electrons. The fourth-order valence-corrected chi connectivity index (χ4v) is 1.08. The number of carbonyl (C=O) groups excluding carboxylic acids is 2. The largest absolute Gasteiger partial charge is 0.465 e. The molecule has 0 spiro atoms. The Hall–Kier alpha value is -0.100. The molecule has 0 fully saturated rings. The van der Waals surface area contributed by atoms with Gasteiger partial charge >= 0.3 is 5.97 Å². The van der Waals surface area contributed by atoms with Gasteiger partial charge in [-0.2, -0.15) is 0 Å². The fraction of sp³-hybridized carbons (Fsp3) is 0.818. The minimum absolute atomic E-state index is 0.0790. The second-order valence-electron chi connectivity index (χ2n) is 4.69. The number of hydrogen-bond donors (Lipinski definition) is 1. The fourth-order valence-electron chi connectivity index (χ4n) is 0.821. The Bertz CT molecular complexity index is 251. The topological polar surface area (TPSA) is 55.4 Å². The minimum atomic E-state index is -0.659. The molecule has 0 aromatic heterocycles. The Morgan fingerprint density at radius 2 is 1.65 bits per heavy atom. The molecular formula is C11H19Br2NO3. The number of alkyl halides is 2. The molecule has 1 amide bonds. The van der Waals surface area contributed by atoms with Gasteiger partial charge in [0.2, 0.25) is 5.91 Å². The Morgan fingerprint density at radius 3 is 2.06 bits per heavy atom. The van der Waals surface area contributed by atoms with E-state index in [4.69, 9.17) is 4.74 Å². The second kappa shape index (κ2) is 6.73. The Kier molecular flexibility index (Phi) is 6.69. The summed E-state index contributed by atoms with van der Waals surface area (Å²) in [5, 5.41) is 2.75. The van der Waals surface area contributed by atoms with Gasteiger partial charge in [0.15, 0.2) is 0 Å². The highest BCUT2D eigenvalue weighted by Gasteiger charge is 2.25. The van der Waals surface area contributed by atoms with Crippen molar-refractivity contribution in [1.82, 2.24) is 5.32 Å². The van der Waals surface area contributed by atoms with Crippen LogP contribution in [-0.4, -0.2) is 33.7 Å². The molecule has 0 atom stereocenters. The van der Waals surface area contributed by atoms with Crippen LogP contribution in [0.25, 0.3) is 0 Å². The highest BCUT2D eigenvalue weighted by molar-refractivity contribution is 9.10. The number of amides is 1. The predicted octanol–water partition coefficient (Wildman–Crippen LogP) is 2.38. The van der Waals surface area contributed by atoms with Gasteiger partial charge in [-0.25, -0.2) is 0 Å². The van der Waals surface area contributed by atoms with E-state index in [2.05, 4.69) is 37.2 Å². The second-order valence-corrected chi connectivity index (χ2v) is 8.66. The van der Waals surface area contributed by atoms with Crippen LogP contribution in [0.3, 0.4) is 0 Å². The van der Waals surface area contributed by atoms with Gasteiger partial charge in [0.05, 0.1) is 10.9 Å². The van der Waals surface area contributed by atoms with Gasteiger partial charge in [-0.15, -0.1) is 0 Å². The van der Waals surface area contributed by atoms with Gasteiger partial charge in [0.1, 0.15) is 4.32 Å². The molecule has 0 saturated heterocycles. The maximum absolute atomic E-state index is 11.4. The summed E-state index contributed by atoms with van der Waals surface area (Å²) >= 11 is 6.47. The molecule has 0 unspecified atom stereocenters. The minimum Gasteiger partial charge on any atom is -0.465 e. The molecule has 6 heteroatoms. The van der Waals surface area contributed by atoms with Crippen molar-refractivity contribution in [2.24, 2.45) is 0 Å². The lowest BCUT2D eigenvalue weighted by Crippen LogP contribution is -2.38. The monoisotopic (exact) mass is 371 g/mol. The van der Waals surface area contributed by atoms with Crippen LogP contribution in [0.5, 0.6) is 0 Å². The predicted molar refractivity (Wildman–Crippen MR) is 74.6 cm³/mol. The van der Waals surface area contributed by atoms with Gasteiger partial charge in [-0.3, -0.25) is 9.59 Å². The van der Waals surface area contributed by atoms with E-state index in [9.17, 15) is 9.59 Å². The molecule has 0 rings (SSSR count). The van der Waals surface area contributed by atoms with Crippen LogP contribution in [0.1, 0.15) is 34.1 Å². The number of ether oxygens (including phenoxy) is 1. The summed E-state index contributed by atoms with van der Waals surface area (Å²) in [5.74, 6) is -0.380. The number of esters is 1. The lowest BCUT2D eigenvalue weighted by Gasteiger charge is -2.17. The van der Waals surface area contributed by atoms with Crippen LogP contribution in [-0.2, 0) is 14.3 Å². The van der Waals surface area contributed by atoms with Gasteiger partial charge in [0.25, 0.3) is 0 Å². The van der Waals surface area contributed by atoms with E-state index in [0.29, 0.717) is 19.6 Å². The van der Waals surface area contributed by atoms with Crippen molar-refractivity contribution in [2.75, 3.05) is 13.2 Å². The molecule has 4 nitrogen and oxygen atoms in total. The molecule has 0 aliphatic heterocycles. The van der Waals surface area contributed by atoms with E-state index in [-0.39, 0.29) is 11.9 Å². The highest BCUT2D eigenvalue weighted by atomic mass is 79.9. The summed E-state index contributed by atoms with van der Waals surface area (Å²) in [5.41, 5.74) is 0. The lowest BCUT2D eigenvalue weighted by molar-refractivity contribution is -0.145. The zero-order valence-corrected chi connectivity index (χ0v) is 13.8. The van der Waals surface area contributed by atoms with Crippen LogP contribution in [0, 0.1) is 0 Å². The van der Waals surface area contributed by atoms with E-state index in [1.807, 2.05) is 0 Å². The number of carbonyl (C=O) groups is 2. The summed E-state index contributed by atoms with van der Waals surface area (Å²) in [6, 6.07) is 0. The Morgan fingerprint density at radius 1 is 1.12 bits per heavy atom. The molecule has 0 radical (unpaired) electrons. The van der Waals surface area contributed by atoms with Gasteiger partial charge in [-0.1, -0.05) is 31.9 Å². The third-order valence-electron chi connectivity index (χ3n) is 1.87. The first-order valence-electron chi connectivity index (χ1n) is 5.38. The Labute approximate surface area is 119 Å². The van der Waals surface area contributed by atoms with Crippen molar-refractivity contribution in [1.29, 1.82) is 0 Å². The van der Waals surface area contributed by atoms with Crippen LogP contribution < -0.4 is 5.32 Å². The molecule has 0 saturated carbocycles. The molecular weight excluding hydrogens is 354 g/mol. The zero-order valence-electron chi connectivity index (χ0n) is 10.6. The molecule has 0 aromatic rings. The SMILES string of the molecule is CC(C)(Br)C(=O)NCCCOC(=O)C(C)(C)Br. The number of rotatable bonds is 6. The summed E-state index contributed by atoms with van der Waals surface area (Å²) in [6.45, 7) is 7.79. The lowest BCUT2D eigenvalue weighted by atomic mass is 10.2. The standard InChI is InChI=1S/C11H19Br2NO3/c1-10(2,12)8(15)14-6-5-7-17-9(16)11(3,4)13/h5-7H2,1-4H3,(H,14,15). The molecule has 0 heterocycles. The molecule has 0 bridgehead atoms. The van der Waals surface area contributed by atoms with Crippen LogP contribution in [0.4, 0.5) is 0 Å². The zero-order chi connectivity index (χ0) is 13.7. The van der Waals surface area contributed by atoms with Crippen molar-refractivity contribution in [2.45, 2.75) is 42.8 Å².